The molecule has 0 atom stereocenters. The Morgan fingerprint density at radius 2 is 1.69 bits per heavy atom. The summed E-state index contributed by atoms with van der Waals surface area (Å²) in [5.74, 6) is 0.932. The van der Waals surface area contributed by atoms with E-state index in [1.165, 1.54) is 26.4 Å². The Labute approximate surface area is 76.3 Å². The predicted octanol–water partition coefficient (Wildman–Crippen LogP) is 0.902. The van der Waals surface area contributed by atoms with Gasteiger partial charge in [-0.3, -0.25) is 0 Å². The van der Waals surface area contributed by atoms with E-state index in [-0.39, 0.29) is 12.4 Å². The lowest BCUT2D eigenvalue weighted by atomic mass is 10.2. The summed E-state index contributed by atoms with van der Waals surface area (Å²) in [6.07, 6.45) is 0. The Bertz CT molecular complexity index is 296. The van der Waals surface area contributed by atoms with Gasteiger partial charge in [0.2, 0.25) is 0 Å². The molecule has 0 aliphatic rings. The number of methoxy groups -OCH3 is 2. The fourth-order valence-electron chi connectivity index (χ4n) is 1.04. The number of phenols is 1. The van der Waals surface area contributed by atoms with Crippen molar-refractivity contribution in [3.8, 4) is 17.2 Å². The summed E-state index contributed by atoms with van der Waals surface area (Å²) >= 11 is 0. The summed E-state index contributed by atoms with van der Waals surface area (Å²) in [5.41, 5.74) is 0.414. The number of aromatic hydroxyl groups is 1. The molecule has 0 unspecified atom stereocenters. The predicted molar refractivity (Wildman–Crippen MR) is 47.1 cm³/mol. The van der Waals surface area contributed by atoms with Gasteiger partial charge in [-0.15, -0.1) is 0 Å². The van der Waals surface area contributed by atoms with Crippen LogP contribution in [0.5, 0.6) is 17.2 Å². The van der Waals surface area contributed by atoms with Crippen LogP contribution >= 0.6 is 0 Å². The van der Waals surface area contributed by atoms with Gasteiger partial charge in [0.15, 0.2) is 11.5 Å². The van der Waals surface area contributed by atoms with Crippen LogP contribution in [0.1, 0.15) is 5.56 Å². The van der Waals surface area contributed by atoms with E-state index < -0.39 is 0 Å². The smallest absolute Gasteiger partial charge is 0.164 e. The molecule has 0 spiro atoms. The van der Waals surface area contributed by atoms with Gasteiger partial charge in [0.05, 0.1) is 20.8 Å². The average molecular weight is 184 g/mol. The first-order chi connectivity index (χ1) is 6.22. The van der Waals surface area contributed by atoms with Gasteiger partial charge in [0, 0.05) is 11.6 Å². The molecule has 72 valence electrons. The normalized spacial score (nSPS) is 9.77. The number of rotatable bonds is 3. The minimum absolute atomic E-state index is 0.000139. The summed E-state index contributed by atoms with van der Waals surface area (Å²) in [5, 5.41) is 18.2. The summed E-state index contributed by atoms with van der Waals surface area (Å²) in [7, 11) is 2.98. The SMILES string of the molecule is COc1cc(O)c(CO)cc1OC. The van der Waals surface area contributed by atoms with Crippen LogP contribution in [0.25, 0.3) is 0 Å². The van der Waals surface area contributed by atoms with Crippen molar-refractivity contribution in [1.29, 1.82) is 0 Å². The Kier molecular flexibility index (Phi) is 2.97. The van der Waals surface area contributed by atoms with Crippen LogP contribution in [-0.2, 0) is 6.61 Å². The van der Waals surface area contributed by atoms with E-state index in [4.69, 9.17) is 14.6 Å². The molecule has 4 heteroatoms. The van der Waals surface area contributed by atoms with E-state index >= 15 is 0 Å². The van der Waals surface area contributed by atoms with E-state index in [1.807, 2.05) is 0 Å². The first-order valence-electron chi connectivity index (χ1n) is 3.77. The summed E-state index contributed by atoms with van der Waals surface area (Å²) in [6, 6.07) is 2.94. The van der Waals surface area contributed by atoms with Gasteiger partial charge in [-0.2, -0.15) is 0 Å². The van der Waals surface area contributed by atoms with Gasteiger partial charge in [0.25, 0.3) is 0 Å². The maximum atomic E-state index is 9.35. The van der Waals surface area contributed by atoms with Crippen molar-refractivity contribution in [3.05, 3.63) is 17.7 Å². The molecule has 4 nitrogen and oxygen atoms in total. The average Bonchev–Trinajstić information content (AvgIpc) is 2.17. The van der Waals surface area contributed by atoms with Crippen LogP contribution in [0.2, 0.25) is 0 Å². The summed E-state index contributed by atoms with van der Waals surface area (Å²) < 4.78 is 9.94. The maximum absolute atomic E-state index is 9.35. The number of hydrogen-bond acceptors (Lipinski definition) is 4. The monoisotopic (exact) mass is 184 g/mol. The lowest BCUT2D eigenvalue weighted by Crippen LogP contribution is -1.93. The third-order valence-electron chi connectivity index (χ3n) is 1.76. The summed E-state index contributed by atoms with van der Waals surface area (Å²) in [4.78, 5) is 0. The maximum Gasteiger partial charge on any atom is 0.164 e. The first-order valence-corrected chi connectivity index (χ1v) is 3.77. The molecule has 0 aliphatic carbocycles. The van der Waals surface area contributed by atoms with Crippen LogP contribution in [0.15, 0.2) is 12.1 Å². The van der Waals surface area contributed by atoms with Gasteiger partial charge < -0.3 is 19.7 Å². The van der Waals surface area contributed by atoms with Crippen LogP contribution in [-0.4, -0.2) is 24.4 Å². The highest BCUT2D eigenvalue weighted by Gasteiger charge is 2.08. The van der Waals surface area contributed by atoms with E-state index in [0.29, 0.717) is 17.1 Å². The van der Waals surface area contributed by atoms with Crippen molar-refractivity contribution in [2.24, 2.45) is 0 Å². The zero-order valence-corrected chi connectivity index (χ0v) is 7.57. The zero-order chi connectivity index (χ0) is 9.84. The molecule has 0 heterocycles. The number of hydrogen-bond donors (Lipinski definition) is 2. The van der Waals surface area contributed by atoms with Crippen molar-refractivity contribution >= 4 is 0 Å². The second kappa shape index (κ2) is 4.00. The van der Waals surface area contributed by atoms with Gasteiger partial charge in [0.1, 0.15) is 5.75 Å². The molecule has 0 saturated heterocycles. The van der Waals surface area contributed by atoms with Crippen molar-refractivity contribution in [2.75, 3.05) is 14.2 Å². The Morgan fingerprint density at radius 3 is 2.15 bits per heavy atom. The number of ether oxygens (including phenoxy) is 2. The molecule has 2 N–H and O–H groups in total. The second-order valence-electron chi connectivity index (χ2n) is 2.49. The lowest BCUT2D eigenvalue weighted by Gasteiger charge is -2.09. The van der Waals surface area contributed by atoms with Crippen LogP contribution in [0.4, 0.5) is 0 Å². The van der Waals surface area contributed by atoms with Crippen LogP contribution < -0.4 is 9.47 Å². The highest BCUT2D eigenvalue weighted by atomic mass is 16.5. The zero-order valence-electron chi connectivity index (χ0n) is 7.57. The fraction of sp³-hybridized carbons (Fsp3) is 0.333. The van der Waals surface area contributed by atoms with E-state index in [0.717, 1.165) is 0 Å². The number of aliphatic hydroxyl groups is 1. The molecule has 1 aromatic carbocycles. The van der Waals surface area contributed by atoms with Crippen LogP contribution in [0.3, 0.4) is 0 Å². The molecule has 0 bridgehead atoms. The van der Waals surface area contributed by atoms with Crippen molar-refractivity contribution in [3.63, 3.8) is 0 Å². The van der Waals surface area contributed by atoms with Crippen LogP contribution in [0, 0.1) is 0 Å². The lowest BCUT2D eigenvalue weighted by molar-refractivity contribution is 0.273. The third kappa shape index (κ3) is 1.84. The van der Waals surface area contributed by atoms with Gasteiger partial charge in [-0.1, -0.05) is 0 Å². The molecular weight excluding hydrogens is 172 g/mol. The number of benzene rings is 1. The molecule has 0 aromatic heterocycles. The Balaban J connectivity index is 3.18. The molecule has 1 rings (SSSR count). The topological polar surface area (TPSA) is 58.9 Å². The number of aliphatic hydroxyl groups excluding tert-OH is 1. The quantitative estimate of drug-likeness (QED) is 0.732. The van der Waals surface area contributed by atoms with E-state index in [9.17, 15) is 5.11 Å². The van der Waals surface area contributed by atoms with Crippen molar-refractivity contribution in [2.45, 2.75) is 6.61 Å². The molecular formula is C9H12O4. The molecule has 0 amide bonds. The fourth-order valence-corrected chi connectivity index (χ4v) is 1.04. The second-order valence-corrected chi connectivity index (χ2v) is 2.49. The van der Waals surface area contributed by atoms with Crippen molar-refractivity contribution < 1.29 is 19.7 Å². The first kappa shape index (κ1) is 9.67. The van der Waals surface area contributed by atoms with Gasteiger partial charge in [-0.05, 0) is 6.07 Å². The largest absolute Gasteiger partial charge is 0.507 e. The van der Waals surface area contributed by atoms with E-state index in [2.05, 4.69) is 0 Å². The molecule has 0 radical (unpaired) electrons. The third-order valence-corrected chi connectivity index (χ3v) is 1.76. The minimum Gasteiger partial charge on any atom is -0.507 e. The molecule has 0 fully saturated rings. The minimum atomic E-state index is -0.230. The molecule has 0 aliphatic heterocycles. The highest BCUT2D eigenvalue weighted by molar-refractivity contribution is 5.49. The Morgan fingerprint density at radius 1 is 1.15 bits per heavy atom. The van der Waals surface area contributed by atoms with Gasteiger partial charge >= 0.3 is 0 Å². The molecule has 0 saturated carbocycles. The molecule has 13 heavy (non-hydrogen) atoms. The van der Waals surface area contributed by atoms with Crippen molar-refractivity contribution in [1.82, 2.24) is 0 Å². The van der Waals surface area contributed by atoms with Gasteiger partial charge in [-0.25, -0.2) is 0 Å². The highest BCUT2D eigenvalue weighted by Crippen LogP contribution is 2.33. The molecule has 1 aromatic rings. The van der Waals surface area contributed by atoms with E-state index in [1.54, 1.807) is 0 Å². The standard InChI is InChI=1S/C9H12O4/c1-12-8-3-6(5-10)7(11)4-9(8)13-2/h3-4,10-11H,5H2,1-2H3. The Hall–Kier alpha value is -1.42. The summed E-state index contributed by atoms with van der Waals surface area (Å²) in [6.45, 7) is -0.230.